The number of rotatable bonds is 4. The normalized spacial score (nSPS) is 24.2. The molecule has 0 aromatic carbocycles. The molecule has 2 unspecified atom stereocenters. The van der Waals surface area contributed by atoms with Crippen LogP contribution in [-0.2, 0) is 0 Å². The summed E-state index contributed by atoms with van der Waals surface area (Å²) < 4.78 is 5.10. The zero-order valence-corrected chi connectivity index (χ0v) is 10.9. The molecule has 1 aromatic rings. The zero-order valence-electron chi connectivity index (χ0n) is 10.9. The number of nitrogens with zero attached hydrogens (tertiary/aromatic N) is 1. The van der Waals surface area contributed by atoms with Crippen molar-refractivity contribution in [2.45, 2.75) is 38.6 Å². The predicted octanol–water partition coefficient (Wildman–Crippen LogP) is 2.58. The van der Waals surface area contributed by atoms with E-state index in [1.165, 1.54) is 18.4 Å². The van der Waals surface area contributed by atoms with E-state index in [1.54, 1.807) is 7.11 Å². The molecule has 2 rings (SSSR count). The van der Waals surface area contributed by atoms with Crippen LogP contribution in [0.2, 0.25) is 0 Å². The predicted molar refractivity (Wildman–Crippen MR) is 69.4 cm³/mol. The minimum Gasteiger partial charge on any atom is -0.481 e. The highest BCUT2D eigenvalue weighted by Crippen LogP contribution is 2.31. The first-order valence-corrected chi connectivity index (χ1v) is 6.44. The van der Waals surface area contributed by atoms with Gasteiger partial charge in [0.25, 0.3) is 0 Å². The molecule has 0 saturated carbocycles. The van der Waals surface area contributed by atoms with Crippen LogP contribution in [0.25, 0.3) is 0 Å². The molecule has 3 heteroatoms. The minimum absolute atomic E-state index is 0.602. The van der Waals surface area contributed by atoms with Crippen molar-refractivity contribution in [3.8, 4) is 5.88 Å². The molecular weight excluding hydrogens is 212 g/mol. The van der Waals surface area contributed by atoms with E-state index in [0.29, 0.717) is 17.8 Å². The van der Waals surface area contributed by atoms with Crippen molar-refractivity contribution in [2.24, 2.45) is 5.92 Å². The van der Waals surface area contributed by atoms with Gasteiger partial charge in [0.15, 0.2) is 0 Å². The van der Waals surface area contributed by atoms with Crippen molar-refractivity contribution >= 4 is 0 Å². The van der Waals surface area contributed by atoms with E-state index >= 15 is 0 Å². The first kappa shape index (κ1) is 12.4. The smallest absolute Gasteiger partial charge is 0.212 e. The lowest BCUT2D eigenvalue weighted by atomic mass is 9.88. The summed E-state index contributed by atoms with van der Waals surface area (Å²) in [6.07, 6.45) is 4.41. The fourth-order valence-electron chi connectivity index (χ4n) is 2.65. The molecular formula is C14H22N2O. The average molecular weight is 234 g/mol. The van der Waals surface area contributed by atoms with E-state index in [4.69, 9.17) is 4.74 Å². The molecule has 0 bridgehead atoms. The van der Waals surface area contributed by atoms with Gasteiger partial charge in [0.2, 0.25) is 5.88 Å². The Balaban J connectivity index is 2.08. The van der Waals surface area contributed by atoms with Crippen molar-refractivity contribution in [3.63, 3.8) is 0 Å². The Kier molecular flexibility index (Phi) is 4.00. The van der Waals surface area contributed by atoms with Gasteiger partial charge in [-0.25, -0.2) is 4.98 Å². The Hall–Kier alpha value is -1.09. The van der Waals surface area contributed by atoms with Crippen LogP contribution in [0.15, 0.2) is 18.3 Å². The van der Waals surface area contributed by atoms with E-state index in [9.17, 15) is 0 Å². The summed E-state index contributed by atoms with van der Waals surface area (Å²) in [5, 5.41) is 3.61. The second-order valence-electron chi connectivity index (χ2n) is 5.22. The molecule has 0 radical (unpaired) electrons. The third kappa shape index (κ3) is 2.97. The summed E-state index contributed by atoms with van der Waals surface area (Å²) in [6.45, 7) is 5.68. The number of ether oxygens (including phenoxy) is 1. The fourth-order valence-corrected chi connectivity index (χ4v) is 2.65. The lowest BCUT2D eigenvalue weighted by Gasteiger charge is -2.21. The molecule has 2 heterocycles. The van der Waals surface area contributed by atoms with Gasteiger partial charge in [-0.3, -0.25) is 0 Å². The Morgan fingerprint density at radius 1 is 1.47 bits per heavy atom. The molecule has 1 saturated heterocycles. The van der Waals surface area contributed by atoms with Gasteiger partial charge < -0.3 is 10.1 Å². The molecule has 1 aliphatic heterocycles. The number of pyridine rings is 1. The van der Waals surface area contributed by atoms with Gasteiger partial charge in [0.05, 0.1) is 7.11 Å². The second-order valence-corrected chi connectivity index (χ2v) is 5.22. The van der Waals surface area contributed by atoms with E-state index in [1.807, 2.05) is 12.3 Å². The van der Waals surface area contributed by atoms with Gasteiger partial charge in [-0.2, -0.15) is 0 Å². The summed E-state index contributed by atoms with van der Waals surface area (Å²) in [6, 6.07) is 4.71. The Morgan fingerprint density at radius 3 is 2.88 bits per heavy atom. The van der Waals surface area contributed by atoms with Crippen molar-refractivity contribution < 1.29 is 4.74 Å². The number of hydrogen-bond acceptors (Lipinski definition) is 3. The number of nitrogens with one attached hydrogen (secondary N) is 1. The molecule has 1 fully saturated rings. The molecule has 2 atom stereocenters. The quantitative estimate of drug-likeness (QED) is 0.869. The number of aromatic nitrogens is 1. The molecule has 94 valence electrons. The van der Waals surface area contributed by atoms with Crippen LogP contribution in [0.4, 0.5) is 0 Å². The highest BCUT2D eigenvalue weighted by atomic mass is 16.5. The molecule has 0 spiro atoms. The lowest BCUT2D eigenvalue weighted by molar-refractivity contribution is 0.396. The van der Waals surface area contributed by atoms with Gasteiger partial charge in [0, 0.05) is 24.2 Å². The molecule has 3 nitrogen and oxygen atoms in total. The maximum absolute atomic E-state index is 5.10. The van der Waals surface area contributed by atoms with Crippen molar-refractivity contribution in [2.75, 3.05) is 13.7 Å². The Labute approximate surface area is 104 Å². The van der Waals surface area contributed by atoms with Crippen LogP contribution >= 0.6 is 0 Å². The van der Waals surface area contributed by atoms with Crippen molar-refractivity contribution in [1.82, 2.24) is 10.3 Å². The van der Waals surface area contributed by atoms with E-state index < -0.39 is 0 Å². The summed E-state index contributed by atoms with van der Waals surface area (Å²) in [5.74, 6) is 2.04. The maximum atomic E-state index is 5.10. The lowest BCUT2D eigenvalue weighted by Crippen LogP contribution is -2.27. The van der Waals surface area contributed by atoms with Crippen LogP contribution in [-0.4, -0.2) is 24.7 Å². The van der Waals surface area contributed by atoms with Gasteiger partial charge in [-0.05, 0) is 30.9 Å². The molecule has 0 aliphatic carbocycles. The molecule has 1 N–H and O–H groups in total. The fraction of sp³-hybridized carbons (Fsp3) is 0.643. The second kappa shape index (κ2) is 5.50. The Morgan fingerprint density at radius 2 is 2.29 bits per heavy atom. The highest BCUT2D eigenvalue weighted by molar-refractivity contribution is 5.23. The largest absolute Gasteiger partial charge is 0.481 e. The Bertz CT molecular complexity index is 348. The van der Waals surface area contributed by atoms with Crippen LogP contribution in [0.1, 0.15) is 38.2 Å². The maximum Gasteiger partial charge on any atom is 0.212 e. The van der Waals surface area contributed by atoms with Crippen molar-refractivity contribution in [3.05, 3.63) is 23.9 Å². The SMILES string of the molecule is COc1ccc(C2CCNC2CC(C)C)cn1. The topological polar surface area (TPSA) is 34.1 Å². The molecule has 0 amide bonds. The number of hydrogen-bond donors (Lipinski definition) is 1. The third-order valence-corrected chi connectivity index (χ3v) is 3.47. The zero-order chi connectivity index (χ0) is 12.3. The minimum atomic E-state index is 0.602. The average Bonchev–Trinajstić information content (AvgIpc) is 2.76. The standard InChI is InChI=1S/C14H22N2O/c1-10(2)8-13-12(6-7-15-13)11-4-5-14(17-3)16-9-11/h4-5,9-10,12-13,15H,6-8H2,1-3H3. The summed E-state index contributed by atoms with van der Waals surface area (Å²) in [5.41, 5.74) is 1.33. The van der Waals surface area contributed by atoms with Crippen LogP contribution in [0.3, 0.4) is 0 Å². The van der Waals surface area contributed by atoms with Crippen LogP contribution < -0.4 is 10.1 Å². The first-order chi connectivity index (χ1) is 8.20. The summed E-state index contributed by atoms with van der Waals surface area (Å²) in [7, 11) is 1.65. The van der Waals surface area contributed by atoms with Gasteiger partial charge >= 0.3 is 0 Å². The van der Waals surface area contributed by atoms with E-state index in [2.05, 4.69) is 30.2 Å². The monoisotopic (exact) mass is 234 g/mol. The van der Waals surface area contributed by atoms with E-state index in [0.717, 1.165) is 12.5 Å². The summed E-state index contributed by atoms with van der Waals surface area (Å²) >= 11 is 0. The van der Waals surface area contributed by atoms with Crippen molar-refractivity contribution in [1.29, 1.82) is 0 Å². The van der Waals surface area contributed by atoms with Crippen LogP contribution in [0, 0.1) is 5.92 Å². The third-order valence-electron chi connectivity index (χ3n) is 3.47. The van der Waals surface area contributed by atoms with E-state index in [-0.39, 0.29) is 0 Å². The molecule has 1 aromatic heterocycles. The molecule has 17 heavy (non-hydrogen) atoms. The van der Waals surface area contributed by atoms with Gasteiger partial charge in [-0.1, -0.05) is 19.9 Å². The molecule has 1 aliphatic rings. The van der Waals surface area contributed by atoms with Gasteiger partial charge in [0.1, 0.15) is 0 Å². The van der Waals surface area contributed by atoms with Crippen LogP contribution in [0.5, 0.6) is 5.88 Å². The van der Waals surface area contributed by atoms with Gasteiger partial charge in [-0.15, -0.1) is 0 Å². The first-order valence-electron chi connectivity index (χ1n) is 6.44. The summed E-state index contributed by atoms with van der Waals surface area (Å²) in [4.78, 5) is 4.31. The number of methoxy groups -OCH3 is 1. The highest BCUT2D eigenvalue weighted by Gasteiger charge is 2.28.